The highest BCUT2D eigenvalue weighted by atomic mass is 19.4. The number of hydrogen-bond acceptors (Lipinski definition) is 8. The van der Waals surface area contributed by atoms with Crippen LogP contribution in [0.15, 0.2) is 60.9 Å². The molecule has 4 aromatic rings. The summed E-state index contributed by atoms with van der Waals surface area (Å²) in [6, 6.07) is 11.1. The maximum absolute atomic E-state index is 15.7. The van der Waals surface area contributed by atoms with E-state index in [4.69, 9.17) is 4.98 Å². The number of carbonyl (C=O) groups excluding carboxylic acids is 3. The fourth-order valence-electron chi connectivity index (χ4n) is 6.62. The molecule has 4 amide bonds. The lowest BCUT2D eigenvalue weighted by molar-refractivity contribution is -0.274. The van der Waals surface area contributed by atoms with Crippen molar-refractivity contribution in [1.29, 1.82) is 0 Å². The minimum atomic E-state index is -5.05. The van der Waals surface area contributed by atoms with Gasteiger partial charge in [-0.05, 0) is 42.2 Å². The van der Waals surface area contributed by atoms with E-state index in [-0.39, 0.29) is 52.7 Å². The molecule has 2 atom stereocenters. The molecule has 0 spiro atoms. The zero-order chi connectivity index (χ0) is 37.9. The van der Waals surface area contributed by atoms with Crippen LogP contribution in [0.5, 0.6) is 5.75 Å². The summed E-state index contributed by atoms with van der Waals surface area (Å²) in [7, 11) is 2.77. The molecule has 2 aliphatic heterocycles. The van der Waals surface area contributed by atoms with Crippen molar-refractivity contribution >= 4 is 23.8 Å². The van der Waals surface area contributed by atoms with Gasteiger partial charge < -0.3 is 39.8 Å². The van der Waals surface area contributed by atoms with E-state index in [2.05, 4.69) is 30.1 Å². The Hall–Kier alpha value is -5.87. The normalized spacial score (nSPS) is 17.5. The third-order valence-corrected chi connectivity index (χ3v) is 9.26. The molecule has 2 unspecified atom stereocenters. The SMILES string of the molecule is CNC(=O)N1CCN(c2ccc(-c3cc(OC(F)(F)F)c(-c4ccc(-c5c[nH]c(C6CC(C)CN6C(=O)CNC(=O)OC)n5)cc4)cc3F)cn2)CC1. The molecule has 13 nitrogen and oxygen atoms in total. The number of piperazine rings is 1. The van der Waals surface area contributed by atoms with Crippen molar-refractivity contribution in [3.8, 4) is 39.3 Å². The number of nitrogens with zero attached hydrogens (tertiary/aromatic N) is 5. The van der Waals surface area contributed by atoms with Crippen LogP contribution in [-0.2, 0) is 9.53 Å². The Kier molecular flexibility index (Phi) is 10.7. The predicted molar refractivity (Wildman–Crippen MR) is 186 cm³/mol. The zero-order valence-corrected chi connectivity index (χ0v) is 29.2. The summed E-state index contributed by atoms with van der Waals surface area (Å²) in [5.41, 5.74) is 1.47. The third-order valence-electron chi connectivity index (χ3n) is 9.26. The fraction of sp³-hybridized carbons (Fsp3) is 0.361. The summed E-state index contributed by atoms with van der Waals surface area (Å²) in [6.07, 6.45) is -2.05. The lowest BCUT2D eigenvalue weighted by Crippen LogP contribution is -2.51. The smallest absolute Gasteiger partial charge is 0.453 e. The van der Waals surface area contributed by atoms with Crippen molar-refractivity contribution in [3.63, 3.8) is 0 Å². The molecule has 53 heavy (non-hydrogen) atoms. The quantitative estimate of drug-likeness (QED) is 0.199. The summed E-state index contributed by atoms with van der Waals surface area (Å²) < 4.78 is 65.5. The van der Waals surface area contributed by atoms with E-state index in [0.29, 0.717) is 62.0 Å². The Morgan fingerprint density at radius 1 is 0.981 bits per heavy atom. The molecule has 2 aromatic heterocycles. The second-order valence-electron chi connectivity index (χ2n) is 12.8. The molecule has 6 rings (SSSR count). The van der Waals surface area contributed by atoms with Gasteiger partial charge in [0.2, 0.25) is 5.91 Å². The van der Waals surface area contributed by atoms with Gasteiger partial charge in [0.15, 0.2) is 0 Å². The average molecular weight is 739 g/mol. The number of likely N-dealkylation sites (tertiary alicyclic amines) is 1. The van der Waals surface area contributed by atoms with Crippen LogP contribution in [0.4, 0.5) is 33.0 Å². The molecule has 280 valence electrons. The number of anilines is 1. The van der Waals surface area contributed by atoms with Crippen molar-refractivity contribution < 1.29 is 41.4 Å². The van der Waals surface area contributed by atoms with Crippen molar-refractivity contribution in [2.45, 2.75) is 25.7 Å². The first kappa shape index (κ1) is 36.9. The third kappa shape index (κ3) is 8.45. The number of alkyl carbamates (subject to hydrolysis) is 1. The zero-order valence-electron chi connectivity index (χ0n) is 29.2. The second-order valence-corrected chi connectivity index (χ2v) is 12.8. The highest BCUT2D eigenvalue weighted by Gasteiger charge is 2.36. The summed E-state index contributed by atoms with van der Waals surface area (Å²) in [6.45, 7) is 4.30. The average Bonchev–Trinajstić information content (AvgIpc) is 3.81. The molecular weight excluding hydrogens is 700 g/mol. The van der Waals surface area contributed by atoms with Crippen molar-refractivity contribution in [3.05, 3.63) is 72.6 Å². The van der Waals surface area contributed by atoms with Gasteiger partial charge >= 0.3 is 18.5 Å². The molecule has 0 radical (unpaired) electrons. The molecule has 4 heterocycles. The summed E-state index contributed by atoms with van der Waals surface area (Å²) in [5.74, 6) is -0.311. The fourth-order valence-corrected chi connectivity index (χ4v) is 6.62. The van der Waals surface area contributed by atoms with E-state index in [1.54, 1.807) is 59.4 Å². The number of nitrogens with one attached hydrogen (secondary N) is 3. The Morgan fingerprint density at radius 2 is 1.68 bits per heavy atom. The number of hydrogen-bond donors (Lipinski definition) is 3. The number of benzene rings is 2. The molecule has 2 fully saturated rings. The number of amides is 4. The molecule has 2 aliphatic rings. The van der Waals surface area contributed by atoms with Gasteiger partial charge in [0.25, 0.3) is 0 Å². The number of urea groups is 1. The highest BCUT2D eigenvalue weighted by Crippen LogP contribution is 2.40. The summed E-state index contributed by atoms with van der Waals surface area (Å²) >= 11 is 0. The van der Waals surface area contributed by atoms with Crippen molar-refractivity contribution in [1.82, 2.24) is 35.4 Å². The maximum atomic E-state index is 15.7. The van der Waals surface area contributed by atoms with E-state index < -0.39 is 24.0 Å². The Balaban J connectivity index is 1.20. The van der Waals surface area contributed by atoms with Gasteiger partial charge in [-0.25, -0.2) is 23.9 Å². The van der Waals surface area contributed by atoms with Crippen molar-refractivity contribution in [2.24, 2.45) is 5.92 Å². The first-order chi connectivity index (χ1) is 25.3. The van der Waals surface area contributed by atoms with E-state index >= 15 is 4.39 Å². The first-order valence-electron chi connectivity index (χ1n) is 16.9. The van der Waals surface area contributed by atoms with Crippen LogP contribution >= 0.6 is 0 Å². The van der Waals surface area contributed by atoms with Gasteiger partial charge in [0, 0.05) is 74.4 Å². The molecule has 3 N–H and O–H groups in total. The standard InChI is InChI=1S/C36H38F4N8O5/c1-21-14-29(48(20-21)32(49)19-44-35(51)52-3)33-43-18-28(45-33)23-6-4-22(5-7-23)26-15-27(37)25(16-30(26)53-36(38,39)40)24-8-9-31(42-17-24)46-10-12-47(13-11-46)34(50)41-2/h4-9,15-18,21,29H,10-14,19-20H2,1-3H3,(H,41,50)(H,43,45)(H,44,51). The minimum Gasteiger partial charge on any atom is -0.453 e. The number of aromatic nitrogens is 3. The van der Waals surface area contributed by atoms with Crippen LogP contribution in [0.2, 0.25) is 0 Å². The number of pyridine rings is 1. The minimum absolute atomic E-state index is 0.105. The van der Waals surface area contributed by atoms with Gasteiger partial charge in [0.1, 0.15) is 29.8 Å². The van der Waals surface area contributed by atoms with Gasteiger partial charge in [-0.2, -0.15) is 0 Å². The topological polar surface area (TPSA) is 145 Å². The van der Waals surface area contributed by atoms with Crippen LogP contribution in [0.1, 0.15) is 25.2 Å². The Bertz CT molecular complexity index is 1950. The van der Waals surface area contributed by atoms with E-state index in [0.717, 1.165) is 12.1 Å². The molecule has 2 aromatic carbocycles. The van der Waals surface area contributed by atoms with Gasteiger partial charge in [-0.3, -0.25) is 4.79 Å². The number of ether oxygens (including phenoxy) is 2. The van der Waals surface area contributed by atoms with Gasteiger partial charge in [-0.15, -0.1) is 13.2 Å². The summed E-state index contributed by atoms with van der Waals surface area (Å²) in [5, 5.41) is 5.00. The van der Waals surface area contributed by atoms with E-state index in [1.807, 2.05) is 11.8 Å². The number of carbonyl (C=O) groups is 3. The summed E-state index contributed by atoms with van der Waals surface area (Å²) in [4.78, 5) is 53.8. The number of methoxy groups -OCH3 is 1. The molecule has 2 saturated heterocycles. The van der Waals surface area contributed by atoms with Gasteiger partial charge in [0.05, 0.1) is 18.8 Å². The van der Waals surface area contributed by atoms with Crippen LogP contribution in [0.3, 0.4) is 0 Å². The molecule has 0 aliphatic carbocycles. The highest BCUT2D eigenvalue weighted by molar-refractivity contribution is 5.83. The number of aromatic amines is 1. The Labute approximate surface area is 302 Å². The lowest BCUT2D eigenvalue weighted by atomic mass is 9.98. The Morgan fingerprint density at radius 3 is 2.32 bits per heavy atom. The van der Waals surface area contributed by atoms with Crippen molar-refractivity contribution in [2.75, 3.05) is 58.3 Å². The van der Waals surface area contributed by atoms with E-state index in [9.17, 15) is 27.6 Å². The first-order valence-corrected chi connectivity index (χ1v) is 16.9. The number of imidazole rings is 1. The largest absolute Gasteiger partial charge is 0.573 e. The number of rotatable bonds is 8. The number of H-pyrrole nitrogens is 1. The predicted octanol–water partition coefficient (Wildman–Crippen LogP) is 5.57. The van der Waals surface area contributed by atoms with Gasteiger partial charge in [-0.1, -0.05) is 31.2 Å². The van der Waals surface area contributed by atoms with Crippen LogP contribution in [0.25, 0.3) is 33.5 Å². The van der Waals surface area contributed by atoms with E-state index in [1.165, 1.54) is 13.3 Å². The maximum Gasteiger partial charge on any atom is 0.573 e. The number of alkyl halides is 3. The molecule has 0 saturated carbocycles. The monoisotopic (exact) mass is 738 g/mol. The number of halogens is 4. The van der Waals surface area contributed by atoms with Crippen LogP contribution < -0.4 is 20.3 Å². The lowest BCUT2D eigenvalue weighted by Gasteiger charge is -2.35. The second kappa shape index (κ2) is 15.4. The molecule has 0 bridgehead atoms. The molecular formula is C36H38F4N8O5. The van der Waals surface area contributed by atoms with Crippen LogP contribution in [0, 0.1) is 11.7 Å². The molecule has 17 heteroatoms. The van der Waals surface area contributed by atoms with Crippen LogP contribution in [-0.4, -0.2) is 103 Å².